The van der Waals surface area contributed by atoms with Gasteiger partial charge in [-0.25, -0.2) is 9.97 Å². The quantitative estimate of drug-likeness (QED) is 0.528. The summed E-state index contributed by atoms with van der Waals surface area (Å²) in [5.41, 5.74) is 6.20. The zero-order valence-electron chi connectivity index (χ0n) is 8.79. The molecule has 17 heavy (non-hydrogen) atoms. The van der Waals surface area contributed by atoms with Crippen LogP contribution in [0.5, 0.6) is 5.75 Å². The lowest BCUT2D eigenvalue weighted by molar-refractivity contribution is 0.102. The highest BCUT2D eigenvalue weighted by Gasteiger charge is 2.12. The molecule has 6 heteroatoms. The van der Waals surface area contributed by atoms with Crippen molar-refractivity contribution in [3.63, 3.8) is 0 Å². The van der Waals surface area contributed by atoms with E-state index in [9.17, 15) is 9.90 Å². The molecule has 4 N–H and O–H groups in total. The highest BCUT2D eigenvalue weighted by molar-refractivity contribution is 6.06. The Morgan fingerprint density at radius 3 is 2.71 bits per heavy atom. The SMILES string of the molecule is Nc1cccc(C(=O)Nc2cncnc2)c1O. The van der Waals surface area contributed by atoms with E-state index in [1.54, 1.807) is 6.07 Å². The lowest BCUT2D eigenvalue weighted by Gasteiger charge is -2.07. The lowest BCUT2D eigenvalue weighted by Crippen LogP contribution is -2.12. The van der Waals surface area contributed by atoms with Gasteiger partial charge >= 0.3 is 0 Å². The topological polar surface area (TPSA) is 101 Å². The number of carbonyl (C=O) groups excluding carboxylic acids is 1. The van der Waals surface area contributed by atoms with E-state index < -0.39 is 5.91 Å². The van der Waals surface area contributed by atoms with E-state index in [4.69, 9.17) is 5.73 Å². The van der Waals surface area contributed by atoms with Gasteiger partial charge in [0.25, 0.3) is 5.91 Å². The summed E-state index contributed by atoms with van der Waals surface area (Å²) in [5, 5.41) is 12.2. The van der Waals surface area contributed by atoms with Gasteiger partial charge in [-0.3, -0.25) is 4.79 Å². The van der Waals surface area contributed by atoms with E-state index in [0.29, 0.717) is 5.69 Å². The van der Waals surface area contributed by atoms with Gasteiger partial charge in [0, 0.05) is 0 Å². The van der Waals surface area contributed by atoms with Crippen molar-refractivity contribution in [1.82, 2.24) is 9.97 Å². The average Bonchev–Trinajstić information content (AvgIpc) is 2.34. The number of nitrogens with one attached hydrogen (secondary N) is 1. The summed E-state index contributed by atoms with van der Waals surface area (Å²) >= 11 is 0. The maximum atomic E-state index is 11.8. The van der Waals surface area contributed by atoms with Crippen molar-refractivity contribution in [3.8, 4) is 5.75 Å². The first-order chi connectivity index (χ1) is 8.18. The summed E-state index contributed by atoms with van der Waals surface area (Å²) < 4.78 is 0. The van der Waals surface area contributed by atoms with Gasteiger partial charge in [0.15, 0.2) is 5.75 Å². The average molecular weight is 230 g/mol. The second kappa shape index (κ2) is 4.48. The zero-order valence-corrected chi connectivity index (χ0v) is 8.79. The van der Waals surface area contributed by atoms with E-state index in [1.165, 1.54) is 30.9 Å². The number of para-hydroxylation sites is 1. The molecular weight excluding hydrogens is 220 g/mol. The number of nitrogen functional groups attached to an aromatic ring is 1. The van der Waals surface area contributed by atoms with Gasteiger partial charge in [0.05, 0.1) is 29.3 Å². The largest absolute Gasteiger partial charge is 0.505 e. The van der Waals surface area contributed by atoms with Gasteiger partial charge in [-0.15, -0.1) is 0 Å². The van der Waals surface area contributed by atoms with Crippen LogP contribution in [0.4, 0.5) is 11.4 Å². The van der Waals surface area contributed by atoms with Gasteiger partial charge in [-0.05, 0) is 12.1 Å². The van der Waals surface area contributed by atoms with Crippen LogP contribution in [0, 0.1) is 0 Å². The van der Waals surface area contributed by atoms with Crippen LogP contribution in [-0.4, -0.2) is 21.0 Å². The minimum Gasteiger partial charge on any atom is -0.505 e. The number of aromatic nitrogens is 2. The van der Waals surface area contributed by atoms with E-state index in [-0.39, 0.29) is 17.0 Å². The van der Waals surface area contributed by atoms with Crippen molar-refractivity contribution < 1.29 is 9.90 Å². The molecular formula is C11H10N4O2. The Bertz CT molecular complexity index is 542. The summed E-state index contributed by atoms with van der Waals surface area (Å²) in [7, 11) is 0. The Balaban J connectivity index is 2.24. The van der Waals surface area contributed by atoms with E-state index in [2.05, 4.69) is 15.3 Å². The maximum Gasteiger partial charge on any atom is 0.259 e. The molecule has 0 fully saturated rings. The number of phenols is 1. The van der Waals surface area contributed by atoms with Crippen molar-refractivity contribution in [1.29, 1.82) is 0 Å². The fourth-order valence-electron chi connectivity index (χ4n) is 1.31. The first-order valence-electron chi connectivity index (χ1n) is 4.82. The number of amides is 1. The predicted molar refractivity (Wildman–Crippen MR) is 62.5 cm³/mol. The van der Waals surface area contributed by atoms with Crippen LogP contribution in [0.25, 0.3) is 0 Å². The van der Waals surface area contributed by atoms with Crippen LogP contribution in [0.3, 0.4) is 0 Å². The summed E-state index contributed by atoms with van der Waals surface area (Å²) in [4.78, 5) is 19.3. The smallest absolute Gasteiger partial charge is 0.259 e. The Labute approximate surface area is 97.1 Å². The fourth-order valence-corrected chi connectivity index (χ4v) is 1.31. The molecule has 0 saturated heterocycles. The Morgan fingerprint density at radius 1 is 1.29 bits per heavy atom. The second-order valence-electron chi connectivity index (χ2n) is 3.32. The lowest BCUT2D eigenvalue weighted by atomic mass is 10.1. The van der Waals surface area contributed by atoms with Gasteiger partial charge in [0.2, 0.25) is 0 Å². The molecule has 0 bridgehead atoms. The van der Waals surface area contributed by atoms with E-state index >= 15 is 0 Å². The molecule has 86 valence electrons. The van der Waals surface area contributed by atoms with Gasteiger partial charge in [-0.1, -0.05) is 6.07 Å². The summed E-state index contributed by atoms with van der Waals surface area (Å²) in [6.07, 6.45) is 4.26. The van der Waals surface area contributed by atoms with Crippen LogP contribution in [0.1, 0.15) is 10.4 Å². The number of carbonyl (C=O) groups is 1. The third-order valence-corrected chi connectivity index (χ3v) is 2.13. The molecule has 2 rings (SSSR count). The van der Waals surface area contributed by atoms with E-state index in [0.717, 1.165) is 0 Å². The number of hydrogen-bond donors (Lipinski definition) is 3. The molecule has 1 amide bonds. The second-order valence-corrected chi connectivity index (χ2v) is 3.32. The normalized spacial score (nSPS) is 9.88. The molecule has 1 aromatic carbocycles. The van der Waals surface area contributed by atoms with Crippen LogP contribution >= 0.6 is 0 Å². The van der Waals surface area contributed by atoms with Crippen molar-refractivity contribution in [2.24, 2.45) is 0 Å². The molecule has 0 saturated carbocycles. The fraction of sp³-hybridized carbons (Fsp3) is 0. The van der Waals surface area contributed by atoms with Crippen molar-refractivity contribution in [2.75, 3.05) is 11.1 Å². The summed E-state index contributed by atoms with van der Waals surface area (Å²) in [6, 6.07) is 4.58. The standard InChI is InChI=1S/C11H10N4O2/c12-9-3-1-2-8(10(9)16)11(17)15-7-4-13-6-14-5-7/h1-6,16H,12H2,(H,15,17). The third-order valence-electron chi connectivity index (χ3n) is 2.13. The van der Waals surface area contributed by atoms with Gasteiger partial charge < -0.3 is 16.2 Å². The van der Waals surface area contributed by atoms with E-state index in [1.807, 2.05) is 0 Å². The minimum atomic E-state index is -0.468. The summed E-state index contributed by atoms with van der Waals surface area (Å²) in [5.74, 6) is -0.702. The molecule has 0 atom stereocenters. The first-order valence-corrected chi connectivity index (χ1v) is 4.82. The molecule has 2 aromatic rings. The highest BCUT2D eigenvalue weighted by Crippen LogP contribution is 2.24. The Kier molecular flexibility index (Phi) is 2.87. The molecule has 0 aliphatic carbocycles. The number of hydrogen-bond acceptors (Lipinski definition) is 5. The van der Waals surface area contributed by atoms with Crippen LogP contribution in [0.15, 0.2) is 36.9 Å². The molecule has 0 aliphatic heterocycles. The van der Waals surface area contributed by atoms with Crippen molar-refractivity contribution in [2.45, 2.75) is 0 Å². The molecule has 0 aliphatic rings. The van der Waals surface area contributed by atoms with Crippen LogP contribution < -0.4 is 11.1 Å². The predicted octanol–water partition coefficient (Wildman–Crippen LogP) is 1.02. The number of benzene rings is 1. The number of nitrogens with zero attached hydrogens (tertiary/aromatic N) is 2. The molecule has 0 radical (unpaired) electrons. The van der Waals surface area contributed by atoms with Crippen LogP contribution in [-0.2, 0) is 0 Å². The molecule has 1 aromatic heterocycles. The monoisotopic (exact) mass is 230 g/mol. The first kappa shape index (κ1) is 10.9. The Morgan fingerprint density at radius 2 is 2.00 bits per heavy atom. The highest BCUT2D eigenvalue weighted by atomic mass is 16.3. The maximum absolute atomic E-state index is 11.8. The minimum absolute atomic E-state index is 0.105. The molecule has 0 unspecified atom stereocenters. The summed E-state index contributed by atoms with van der Waals surface area (Å²) in [6.45, 7) is 0. The van der Waals surface area contributed by atoms with Crippen LogP contribution in [0.2, 0.25) is 0 Å². The molecule has 1 heterocycles. The number of nitrogens with two attached hydrogens (primary N) is 1. The molecule has 0 spiro atoms. The number of phenolic OH excluding ortho intramolecular Hbond substituents is 1. The van der Waals surface area contributed by atoms with Crippen molar-refractivity contribution in [3.05, 3.63) is 42.5 Å². The Hall–Kier alpha value is -2.63. The number of anilines is 2. The van der Waals surface area contributed by atoms with Crippen molar-refractivity contribution >= 4 is 17.3 Å². The zero-order chi connectivity index (χ0) is 12.3. The van der Waals surface area contributed by atoms with Gasteiger partial charge in [0.1, 0.15) is 6.33 Å². The van der Waals surface area contributed by atoms with Gasteiger partial charge in [-0.2, -0.15) is 0 Å². The number of rotatable bonds is 2. The number of aromatic hydroxyl groups is 1. The third kappa shape index (κ3) is 2.31. The molecule has 6 nitrogen and oxygen atoms in total.